The molecule has 0 saturated heterocycles. The molecule has 0 fully saturated rings. The van der Waals surface area contributed by atoms with Gasteiger partial charge in [-0.1, -0.05) is 12.1 Å². The van der Waals surface area contributed by atoms with Gasteiger partial charge in [0.25, 0.3) is 5.88 Å². The minimum Gasteiger partial charge on any atom is -0.437 e. The Balaban J connectivity index is 2.19. The largest absolute Gasteiger partial charge is 0.437 e. The molecule has 0 amide bonds. The van der Waals surface area contributed by atoms with Crippen LogP contribution in [0.1, 0.15) is 11.1 Å². The van der Waals surface area contributed by atoms with E-state index in [0.29, 0.717) is 17.7 Å². The second kappa shape index (κ2) is 5.42. The molecule has 18 heavy (non-hydrogen) atoms. The molecule has 1 heterocycles. The Hall–Kier alpha value is -2.92. The number of nitriles is 2. The molecule has 2 aromatic rings. The molecule has 86 valence electrons. The van der Waals surface area contributed by atoms with E-state index >= 15 is 0 Å². The third-order valence-corrected chi connectivity index (χ3v) is 2.23. The summed E-state index contributed by atoms with van der Waals surface area (Å²) in [7, 11) is 0. The molecule has 1 aromatic heterocycles. The Morgan fingerprint density at radius 3 is 2.56 bits per heavy atom. The normalized spacial score (nSPS) is 9.22. The van der Waals surface area contributed by atoms with Crippen LogP contribution in [0.25, 0.3) is 0 Å². The van der Waals surface area contributed by atoms with Crippen LogP contribution in [0.15, 0.2) is 36.5 Å². The first kappa shape index (κ1) is 11.6. The first-order valence-corrected chi connectivity index (χ1v) is 5.19. The minimum absolute atomic E-state index is 0.174. The van der Waals surface area contributed by atoms with E-state index in [9.17, 15) is 0 Å². The van der Waals surface area contributed by atoms with Crippen molar-refractivity contribution in [2.45, 2.75) is 6.42 Å². The Morgan fingerprint density at radius 2 is 1.89 bits per heavy atom. The monoisotopic (exact) mass is 236 g/mol. The van der Waals surface area contributed by atoms with E-state index in [2.05, 4.69) is 16.3 Å². The summed E-state index contributed by atoms with van der Waals surface area (Å²) in [4.78, 5) is 0. The average Bonchev–Trinajstić information content (AvgIpc) is 2.42. The summed E-state index contributed by atoms with van der Waals surface area (Å²) in [5, 5.41) is 24.9. The van der Waals surface area contributed by atoms with Gasteiger partial charge < -0.3 is 4.74 Å². The van der Waals surface area contributed by atoms with E-state index in [4.69, 9.17) is 15.3 Å². The van der Waals surface area contributed by atoms with Gasteiger partial charge in [-0.3, -0.25) is 0 Å². The Morgan fingerprint density at radius 1 is 1.11 bits per heavy atom. The molecule has 1 aromatic carbocycles. The summed E-state index contributed by atoms with van der Waals surface area (Å²) in [6, 6.07) is 12.6. The highest BCUT2D eigenvalue weighted by atomic mass is 16.5. The molecule has 0 aliphatic rings. The zero-order chi connectivity index (χ0) is 12.8. The molecule has 0 saturated carbocycles. The second-order valence-electron chi connectivity index (χ2n) is 3.44. The summed E-state index contributed by atoms with van der Waals surface area (Å²) in [5.41, 5.74) is 1.23. The Kier molecular flexibility index (Phi) is 3.48. The number of hydrogen-bond acceptors (Lipinski definition) is 5. The van der Waals surface area contributed by atoms with E-state index in [1.54, 1.807) is 24.3 Å². The van der Waals surface area contributed by atoms with Gasteiger partial charge in [-0.2, -0.15) is 15.6 Å². The first-order chi connectivity index (χ1) is 8.83. The van der Waals surface area contributed by atoms with Crippen molar-refractivity contribution in [1.82, 2.24) is 10.2 Å². The summed E-state index contributed by atoms with van der Waals surface area (Å²) >= 11 is 0. The van der Waals surface area contributed by atoms with Gasteiger partial charge in [0.15, 0.2) is 0 Å². The van der Waals surface area contributed by atoms with E-state index in [0.717, 1.165) is 5.56 Å². The zero-order valence-corrected chi connectivity index (χ0v) is 9.37. The lowest BCUT2D eigenvalue weighted by Crippen LogP contribution is -1.93. The maximum atomic E-state index is 8.88. The van der Waals surface area contributed by atoms with E-state index in [-0.39, 0.29) is 5.88 Å². The van der Waals surface area contributed by atoms with Crippen LogP contribution >= 0.6 is 0 Å². The third-order valence-electron chi connectivity index (χ3n) is 2.23. The van der Waals surface area contributed by atoms with Gasteiger partial charge in [0.05, 0.1) is 18.7 Å². The Labute approximate surface area is 104 Å². The highest BCUT2D eigenvalue weighted by Crippen LogP contribution is 2.22. The van der Waals surface area contributed by atoms with Crippen molar-refractivity contribution in [3.63, 3.8) is 0 Å². The quantitative estimate of drug-likeness (QED) is 0.815. The highest BCUT2D eigenvalue weighted by molar-refractivity contribution is 5.39. The highest BCUT2D eigenvalue weighted by Gasteiger charge is 2.05. The number of nitrogens with zero attached hydrogens (tertiary/aromatic N) is 4. The molecule has 0 atom stereocenters. The van der Waals surface area contributed by atoms with E-state index in [1.165, 1.54) is 12.3 Å². The van der Waals surface area contributed by atoms with Gasteiger partial charge in [0.2, 0.25) is 0 Å². The molecule has 0 unspecified atom stereocenters. The minimum atomic E-state index is 0.174. The van der Waals surface area contributed by atoms with Gasteiger partial charge in [0, 0.05) is 0 Å². The van der Waals surface area contributed by atoms with Crippen LogP contribution in [0.2, 0.25) is 0 Å². The lowest BCUT2D eigenvalue weighted by molar-refractivity contribution is 0.453. The molecule has 5 nitrogen and oxygen atoms in total. The second-order valence-corrected chi connectivity index (χ2v) is 3.44. The molecule has 5 heteroatoms. The van der Waals surface area contributed by atoms with Gasteiger partial charge in [-0.15, -0.1) is 5.10 Å². The fourth-order valence-electron chi connectivity index (χ4n) is 1.36. The first-order valence-electron chi connectivity index (χ1n) is 5.19. The van der Waals surface area contributed by atoms with Crippen molar-refractivity contribution in [3.8, 4) is 23.8 Å². The van der Waals surface area contributed by atoms with Crippen LogP contribution in [0.5, 0.6) is 11.6 Å². The van der Waals surface area contributed by atoms with Crippen LogP contribution in [0.3, 0.4) is 0 Å². The SMILES string of the molecule is N#CCc1ccc(Oc2nnccc2C#N)cc1. The number of rotatable bonds is 3. The van der Waals surface area contributed by atoms with Crippen molar-refractivity contribution >= 4 is 0 Å². The number of hydrogen-bond donors (Lipinski definition) is 0. The molecule has 0 spiro atoms. The zero-order valence-electron chi connectivity index (χ0n) is 9.37. The van der Waals surface area contributed by atoms with Crippen LogP contribution in [0.4, 0.5) is 0 Å². The van der Waals surface area contributed by atoms with Crippen LogP contribution in [-0.4, -0.2) is 10.2 Å². The molecular formula is C13H8N4O. The smallest absolute Gasteiger partial charge is 0.256 e. The van der Waals surface area contributed by atoms with Crippen LogP contribution < -0.4 is 4.74 Å². The average molecular weight is 236 g/mol. The van der Waals surface area contributed by atoms with Crippen LogP contribution in [0, 0.1) is 22.7 Å². The van der Waals surface area contributed by atoms with Crippen molar-refractivity contribution in [3.05, 3.63) is 47.7 Å². The molecular weight excluding hydrogens is 228 g/mol. The van der Waals surface area contributed by atoms with Crippen molar-refractivity contribution in [1.29, 1.82) is 10.5 Å². The number of aromatic nitrogens is 2. The maximum absolute atomic E-state index is 8.88. The lowest BCUT2D eigenvalue weighted by Gasteiger charge is -2.05. The molecule has 0 aliphatic heterocycles. The topological polar surface area (TPSA) is 82.6 Å². The van der Waals surface area contributed by atoms with Crippen LogP contribution in [-0.2, 0) is 6.42 Å². The Bertz CT molecular complexity index is 623. The van der Waals surface area contributed by atoms with Crippen molar-refractivity contribution in [2.24, 2.45) is 0 Å². The standard InChI is InChI=1S/C13H8N4O/c14-7-5-10-1-3-12(4-2-10)18-13-11(9-15)6-8-16-17-13/h1-4,6,8H,5H2. The molecule has 0 bridgehead atoms. The molecule has 2 rings (SSSR count). The van der Waals surface area contributed by atoms with Gasteiger partial charge in [-0.25, -0.2) is 0 Å². The van der Waals surface area contributed by atoms with E-state index in [1.807, 2.05) is 6.07 Å². The number of benzene rings is 1. The van der Waals surface area contributed by atoms with E-state index < -0.39 is 0 Å². The summed E-state index contributed by atoms with van der Waals surface area (Å²) < 4.78 is 5.45. The van der Waals surface area contributed by atoms with Gasteiger partial charge in [-0.05, 0) is 23.8 Å². The van der Waals surface area contributed by atoms with Crippen molar-refractivity contribution < 1.29 is 4.74 Å². The van der Waals surface area contributed by atoms with Gasteiger partial charge >= 0.3 is 0 Å². The van der Waals surface area contributed by atoms with Crippen molar-refractivity contribution in [2.75, 3.05) is 0 Å². The molecule has 0 aliphatic carbocycles. The fraction of sp³-hybridized carbons (Fsp3) is 0.0769. The molecule has 0 radical (unpaired) electrons. The molecule has 0 N–H and O–H groups in total. The lowest BCUT2D eigenvalue weighted by atomic mass is 10.2. The number of ether oxygens (including phenoxy) is 1. The summed E-state index contributed by atoms with van der Waals surface area (Å²) in [6.07, 6.45) is 1.79. The fourth-order valence-corrected chi connectivity index (χ4v) is 1.36. The third kappa shape index (κ3) is 2.60. The van der Waals surface area contributed by atoms with Gasteiger partial charge in [0.1, 0.15) is 17.4 Å². The maximum Gasteiger partial charge on any atom is 0.256 e. The summed E-state index contributed by atoms with van der Waals surface area (Å²) in [5.74, 6) is 0.724. The summed E-state index contributed by atoms with van der Waals surface area (Å²) in [6.45, 7) is 0. The predicted octanol–water partition coefficient (Wildman–Crippen LogP) is 2.21. The predicted molar refractivity (Wildman–Crippen MR) is 62.6 cm³/mol.